The third-order valence-corrected chi connectivity index (χ3v) is 5.19. The maximum atomic E-state index is 5.91. The van der Waals surface area contributed by atoms with Gasteiger partial charge in [-0.1, -0.05) is 23.7 Å². The number of nitrogens with zero attached hydrogens (tertiary/aromatic N) is 4. The Morgan fingerprint density at radius 2 is 1.95 bits per heavy atom. The fraction of sp³-hybridized carbons (Fsp3) is 0.500. The minimum atomic E-state index is 0.727. The summed E-state index contributed by atoms with van der Waals surface area (Å²) in [4.78, 5) is 4.31. The van der Waals surface area contributed by atoms with Crippen LogP contribution in [0.4, 0.5) is 0 Å². The molecule has 1 aromatic heterocycles. The molecule has 3 aliphatic heterocycles. The van der Waals surface area contributed by atoms with Crippen LogP contribution in [0.15, 0.2) is 30.5 Å². The van der Waals surface area contributed by atoms with E-state index in [9.17, 15) is 0 Å². The fourth-order valence-corrected chi connectivity index (χ4v) is 3.75. The molecular weight excluding hydrogens is 298 g/mol. The summed E-state index contributed by atoms with van der Waals surface area (Å²) >= 11 is 5.91. The maximum Gasteiger partial charge on any atom is 0.115 e. The summed E-state index contributed by atoms with van der Waals surface area (Å²) in [5, 5.41) is 9.13. The Balaban J connectivity index is 1.39. The predicted octanol–water partition coefficient (Wildman–Crippen LogP) is 2.48. The molecule has 1 atom stereocenters. The second-order valence-electron chi connectivity index (χ2n) is 6.32. The molecule has 6 heteroatoms. The number of nitrogens with one attached hydrogen (secondary N) is 1. The van der Waals surface area contributed by atoms with Crippen molar-refractivity contribution in [1.82, 2.24) is 20.0 Å². The molecule has 5 nitrogen and oxygen atoms in total. The molecule has 4 heterocycles. The Morgan fingerprint density at radius 3 is 2.64 bits per heavy atom. The SMILES string of the molecule is Clc1ccc(-c2cn(NCC3CN4CCC3CC4)nn2)cc1. The lowest BCUT2D eigenvalue weighted by atomic mass is 9.79. The van der Waals surface area contributed by atoms with E-state index < -0.39 is 0 Å². The highest BCUT2D eigenvalue weighted by Crippen LogP contribution is 2.31. The van der Waals surface area contributed by atoms with E-state index in [1.165, 1.54) is 32.5 Å². The Bertz CT molecular complexity index is 630. The van der Waals surface area contributed by atoms with Gasteiger partial charge in [-0.05, 0) is 55.1 Å². The number of fused-ring (bicyclic) bond motifs is 3. The van der Waals surface area contributed by atoms with Crippen molar-refractivity contribution in [1.29, 1.82) is 0 Å². The normalized spacial score (nSPS) is 27.0. The van der Waals surface area contributed by atoms with Crippen LogP contribution in [0.5, 0.6) is 0 Å². The second-order valence-corrected chi connectivity index (χ2v) is 6.75. The van der Waals surface area contributed by atoms with Gasteiger partial charge in [0.2, 0.25) is 0 Å². The highest BCUT2D eigenvalue weighted by atomic mass is 35.5. The quantitative estimate of drug-likeness (QED) is 0.941. The molecule has 1 unspecified atom stereocenters. The van der Waals surface area contributed by atoms with Crippen molar-refractivity contribution in [2.75, 3.05) is 31.6 Å². The van der Waals surface area contributed by atoms with Crippen LogP contribution in [0.25, 0.3) is 11.3 Å². The zero-order valence-electron chi connectivity index (χ0n) is 12.5. The second kappa shape index (κ2) is 5.89. The summed E-state index contributed by atoms with van der Waals surface area (Å²) in [7, 11) is 0. The van der Waals surface area contributed by atoms with Crippen LogP contribution in [0.3, 0.4) is 0 Å². The molecule has 0 amide bonds. The van der Waals surface area contributed by atoms with Gasteiger partial charge in [-0.15, -0.1) is 5.10 Å². The van der Waals surface area contributed by atoms with E-state index in [1.807, 2.05) is 30.5 Å². The molecule has 5 rings (SSSR count). The van der Waals surface area contributed by atoms with Crippen LogP contribution in [0, 0.1) is 11.8 Å². The number of piperidine rings is 3. The summed E-state index contributed by atoms with van der Waals surface area (Å²) in [6.07, 6.45) is 4.63. The van der Waals surface area contributed by atoms with E-state index in [-0.39, 0.29) is 0 Å². The summed E-state index contributed by atoms with van der Waals surface area (Å²) in [6.45, 7) is 4.75. The van der Waals surface area contributed by atoms with Crippen molar-refractivity contribution >= 4 is 11.6 Å². The van der Waals surface area contributed by atoms with Gasteiger partial charge in [0.1, 0.15) is 5.69 Å². The molecule has 3 aliphatic rings. The van der Waals surface area contributed by atoms with Gasteiger partial charge in [-0.2, -0.15) is 4.79 Å². The molecule has 1 aromatic carbocycles. The van der Waals surface area contributed by atoms with Gasteiger partial charge in [0.15, 0.2) is 0 Å². The molecule has 0 spiro atoms. The van der Waals surface area contributed by atoms with Gasteiger partial charge in [-0.3, -0.25) is 0 Å². The summed E-state index contributed by atoms with van der Waals surface area (Å²) < 4.78 is 0. The molecule has 0 aliphatic carbocycles. The molecule has 1 N–H and O–H groups in total. The summed E-state index contributed by atoms with van der Waals surface area (Å²) in [6, 6.07) is 7.67. The first-order chi connectivity index (χ1) is 10.8. The van der Waals surface area contributed by atoms with Gasteiger partial charge >= 0.3 is 0 Å². The van der Waals surface area contributed by atoms with Crippen molar-refractivity contribution in [3.63, 3.8) is 0 Å². The van der Waals surface area contributed by atoms with Crippen molar-refractivity contribution in [3.05, 3.63) is 35.5 Å². The van der Waals surface area contributed by atoms with Crippen LogP contribution in [-0.4, -0.2) is 46.2 Å². The largest absolute Gasteiger partial charge is 0.308 e. The van der Waals surface area contributed by atoms with Crippen LogP contribution in [0.1, 0.15) is 12.8 Å². The van der Waals surface area contributed by atoms with Crippen molar-refractivity contribution < 1.29 is 0 Å². The first-order valence-corrected chi connectivity index (χ1v) is 8.30. The van der Waals surface area contributed by atoms with E-state index in [0.29, 0.717) is 0 Å². The average Bonchev–Trinajstić information content (AvgIpc) is 3.04. The standard InChI is InChI=1S/C16H20ClN5/c17-15-3-1-13(2-4-15)16-11-22(20-19-16)18-9-14-10-21-7-5-12(14)6-8-21/h1-4,11-12,14,18H,5-10H2. The third-order valence-electron chi connectivity index (χ3n) is 4.94. The monoisotopic (exact) mass is 317 g/mol. The van der Waals surface area contributed by atoms with Gasteiger partial charge < -0.3 is 10.3 Å². The van der Waals surface area contributed by atoms with Gasteiger partial charge in [0.25, 0.3) is 0 Å². The Morgan fingerprint density at radius 1 is 1.18 bits per heavy atom. The molecular formula is C16H20ClN5. The van der Waals surface area contributed by atoms with Gasteiger partial charge in [0, 0.05) is 23.7 Å². The number of halogens is 1. The van der Waals surface area contributed by atoms with Crippen LogP contribution in [-0.2, 0) is 0 Å². The van der Waals surface area contributed by atoms with Crippen molar-refractivity contribution in [2.24, 2.45) is 11.8 Å². The minimum absolute atomic E-state index is 0.727. The molecule has 2 aromatic rings. The Labute approximate surface area is 135 Å². The van der Waals surface area contributed by atoms with E-state index in [4.69, 9.17) is 11.6 Å². The Kier molecular flexibility index (Phi) is 3.76. The number of hydrogen-bond acceptors (Lipinski definition) is 4. The van der Waals surface area contributed by atoms with E-state index in [2.05, 4.69) is 20.6 Å². The minimum Gasteiger partial charge on any atom is -0.308 e. The predicted molar refractivity (Wildman–Crippen MR) is 87.3 cm³/mol. The molecule has 2 bridgehead atoms. The number of aromatic nitrogens is 3. The lowest BCUT2D eigenvalue weighted by Crippen LogP contribution is -2.50. The van der Waals surface area contributed by atoms with Crippen LogP contribution >= 0.6 is 11.6 Å². The highest BCUT2D eigenvalue weighted by Gasteiger charge is 2.33. The lowest BCUT2D eigenvalue weighted by molar-refractivity contribution is 0.0559. The van der Waals surface area contributed by atoms with Crippen molar-refractivity contribution in [2.45, 2.75) is 12.8 Å². The maximum absolute atomic E-state index is 5.91. The first-order valence-electron chi connectivity index (χ1n) is 7.92. The van der Waals surface area contributed by atoms with Gasteiger partial charge in [-0.25, -0.2) is 0 Å². The molecule has 0 saturated carbocycles. The average molecular weight is 318 g/mol. The number of rotatable bonds is 4. The lowest BCUT2D eigenvalue weighted by Gasteiger charge is -2.44. The van der Waals surface area contributed by atoms with Crippen molar-refractivity contribution in [3.8, 4) is 11.3 Å². The van der Waals surface area contributed by atoms with E-state index in [0.717, 1.165) is 34.7 Å². The first kappa shape index (κ1) is 14.0. The number of benzene rings is 1. The molecule has 116 valence electrons. The Hall–Kier alpha value is -1.59. The zero-order valence-corrected chi connectivity index (χ0v) is 13.2. The topological polar surface area (TPSA) is 46.0 Å². The zero-order chi connectivity index (χ0) is 14.9. The third kappa shape index (κ3) is 2.83. The molecule has 3 fully saturated rings. The van der Waals surface area contributed by atoms with Crippen LogP contribution < -0.4 is 5.43 Å². The highest BCUT2D eigenvalue weighted by molar-refractivity contribution is 6.30. The smallest absolute Gasteiger partial charge is 0.115 e. The molecule has 3 saturated heterocycles. The number of hydrogen-bond donors (Lipinski definition) is 1. The fourth-order valence-electron chi connectivity index (χ4n) is 3.62. The van der Waals surface area contributed by atoms with Gasteiger partial charge in [0.05, 0.1) is 6.20 Å². The summed E-state index contributed by atoms with van der Waals surface area (Å²) in [5.74, 6) is 1.60. The summed E-state index contributed by atoms with van der Waals surface area (Å²) in [5.41, 5.74) is 5.28. The van der Waals surface area contributed by atoms with Crippen LogP contribution in [0.2, 0.25) is 5.02 Å². The van der Waals surface area contributed by atoms with E-state index >= 15 is 0 Å². The molecule has 0 radical (unpaired) electrons. The van der Waals surface area contributed by atoms with E-state index in [1.54, 1.807) is 4.79 Å². The molecule has 22 heavy (non-hydrogen) atoms.